The molecule has 1 saturated heterocycles. The largest absolute Gasteiger partial charge is 0.284 e. The summed E-state index contributed by atoms with van der Waals surface area (Å²) >= 11 is 0. The lowest BCUT2D eigenvalue weighted by molar-refractivity contribution is 0.245. The van der Waals surface area contributed by atoms with Crippen LogP contribution in [0.1, 0.15) is 37.3 Å². The third-order valence-corrected chi connectivity index (χ3v) is 3.33. The van der Waals surface area contributed by atoms with E-state index in [1.807, 2.05) is 4.90 Å². The first kappa shape index (κ1) is 13.0. The highest BCUT2D eigenvalue weighted by Crippen LogP contribution is 2.24. The van der Waals surface area contributed by atoms with E-state index in [0.717, 1.165) is 44.8 Å². The Morgan fingerprint density at radius 3 is 2.06 bits per heavy atom. The molecule has 1 heterocycles. The fraction of sp³-hybridized carbons (Fsp3) is 0.500. The van der Waals surface area contributed by atoms with Gasteiger partial charge in [-0.2, -0.15) is 5.26 Å². The van der Waals surface area contributed by atoms with E-state index < -0.39 is 17.7 Å². The SMILES string of the molecule is N#CC(c1cc(F)cc(F)c1)N1CCCCCC1. The van der Waals surface area contributed by atoms with E-state index in [-0.39, 0.29) is 0 Å². The Bertz CT molecular complexity index is 425. The summed E-state index contributed by atoms with van der Waals surface area (Å²) in [7, 11) is 0. The van der Waals surface area contributed by atoms with E-state index in [4.69, 9.17) is 0 Å². The molecular formula is C14H16F2N2. The summed E-state index contributed by atoms with van der Waals surface area (Å²) < 4.78 is 26.4. The number of benzene rings is 1. The van der Waals surface area contributed by atoms with Gasteiger partial charge in [-0.1, -0.05) is 12.8 Å². The van der Waals surface area contributed by atoms with Crippen molar-refractivity contribution in [1.82, 2.24) is 4.90 Å². The van der Waals surface area contributed by atoms with Crippen molar-refractivity contribution >= 4 is 0 Å². The van der Waals surface area contributed by atoms with Gasteiger partial charge in [0, 0.05) is 6.07 Å². The summed E-state index contributed by atoms with van der Waals surface area (Å²) in [5.74, 6) is -1.25. The number of nitrogens with zero attached hydrogens (tertiary/aromatic N) is 2. The second kappa shape index (κ2) is 5.92. The Hall–Kier alpha value is -1.47. The zero-order chi connectivity index (χ0) is 13.0. The summed E-state index contributed by atoms with van der Waals surface area (Å²) in [4.78, 5) is 2.02. The predicted octanol–water partition coefficient (Wildman–Crippen LogP) is 3.41. The molecule has 0 radical (unpaired) electrons. The van der Waals surface area contributed by atoms with E-state index >= 15 is 0 Å². The van der Waals surface area contributed by atoms with Crippen LogP contribution in [0, 0.1) is 23.0 Å². The van der Waals surface area contributed by atoms with E-state index in [9.17, 15) is 14.0 Å². The molecule has 0 spiro atoms. The number of rotatable bonds is 2. The van der Waals surface area contributed by atoms with Gasteiger partial charge < -0.3 is 0 Å². The number of nitriles is 1. The van der Waals surface area contributed by atoms with Gasteiger partial charge in [0.2, 0.25) is 0 Å². The van der Waals surface area contributed by atoms with Gasteiger partial charge >= 0.3 is 0 Å². The molecule has 1 fully saturated rings. The molecule has 0 N–H and O–H groups in total. The molecule has 0 saturated carbocycles. The second-order valence-electron chi connectivity index (χ2n) is 4.68. The van der Waals surface area contributed by atoms with Gasteiger partial charge in [-0.25, -0.2) is 8.78 Å². The summed E-state index contributed by atoms with van der Waals surface area (Å²) in [5, 5.41) is 9.27. The standard InChI is InChI=1S/C14H16F2N2/c15-12-7-11(8-13(16)9-12)14(10-17)18-5-3-1-2-4-6-18/h7-9,14H,1-6H2. The topological polar surface area (TPSA) is 27.0 Å². The number of hydrogen-bond donors (Lipinski definition) is 0. The van der Waals surface area contributed by atoms with E-state index in [1.165, 1.54) is 12.1 Å². The maximum Gasteiger partial charge on any atom is 0.126 e. The molecule has 2 nitrogen and oxygen atoms in total. The van der Waals surface area contributed by atoms with Crippen LogP contribution < -0.4 is 0 Å². The summed E-state index contributed by atoms with van der Waals surface area (Å²) in [6.07, 6.45) is 4.39. The Labute approximate surface area is 106 Å². The molecule has 2 rings (SSSR count). The first-order valence-corrected chi connectivity index (χ1v) is 6.30. The molecule has 1 aliphatic heterocycles. The first-order chi connectivity index (χ1) is 8.70. The van der Waals surface area contributed by atoms with Crippen molar-refractivity contribution in [3.63, 3.8) is 0 Å². The molecular weight excluding hydrogens is 234 g/mol. The highest BCUT2D eigenvalue weighted by molar-refractivity contribution is 5.26. The predicted molar refractivity (Wildman–Crippen MR) is 64.8 cm³/mol. The molecule has 1 aromatic carbocycles. The van der Waals surface area contributed by atoms with Crippen molar-refractivity contribution < 1.29 is 8.78 Å². The van der Waals surface area contributed by atoms with Crippen molar-refractivity contribution in [2.75, 3.05) is 13.1 Å². The highest BCUT2D eigenvalue weighted by atomic mass is 19.1. The lowest BCUT2D eigenvalue weighted by Gasteiger charge is -2.25. The summed E-state index contributed by atoms with van der Waals surface area (Å²) in [6.45, 7) is 1.63. The summed E-state index contributed by atoms with van der Waals surface area (Å²) in [5.41, 5.74) is 0.414. The molecule has 0 aliphatic carbocycles. The van der Waals surface area contributed by atoms with Gasteiger partial charge in [0.25, 0.3) is 0 Å². The smallest absolute Gasteiger partial charge is 0.126 e. The van der Waals surface area contributed by atoms with Crippen molar-refractivity contribution in [3.05, 3.63) is 35.4 Å². The maximum absolute atomic E-state index is 13.2. The van der Waals surface area contributed by atoms with Crippen LogP contribution in [0.3, 0.4) is 0 Å². The van der Waals surface area contributed by atoms with E-state index in [2.05, 4.69) is 6.07 Å². The van der Waals surface area contributed by atoms with Crippen LogP contribution in [0.4, 0.5) is 8.78 Å². The lowest BCUT2D eigenvalue weighted by Crippen LogP contribution is -2.29. The Balaban J connectivity index is 2.24. The Morgan fingerprint density at radius 1 is 1.00 bits per heavy atom. The van der Waals surface area contributed by atoms with Crippen LogP contribution in [-0.2, 0) is 0 Å². The molecule has 96 valence electrons. The second-order valence-corrected chi connectivity index (χ2v) is 4.68. The zero-order valence-electron chi connectivity index (χ0n) is 10.2. The quantitative estimate of drug-likeness (QED) is 0.804. The van der Waals surface area contributed by atoms with Crippen LogP contribution in [0.5, 0.6) is 0 Å². The fourth-order valence-electron chi connectivity index (χ4n) is 2.45. The number of likely N-dealkylation sites (tertiary alicyclic amines) is 1. The third-order valence-electron chi connectivity index (χ3n) is 3.33. The van der Waals surface area contributed by atoms with Crippen molar-refractivity contribution in [1.29, 1.82) is 5.26 Å². The molecule has 4 heteroatoms. The average molecular weight is 250 g/mol. The molecule has 0 amide bonds. The summed E-state index contributed by atoms with van der Waals surface area (Å²) in [6, 6.07) is 4.95. The molecule has 1 unspecified atom stereocenters. The van der Waals surface area contributed by atoms with Crippen molar-refractivity contribution in [3.8, 4) is 6.07 Å². The lowest BCUT2D eigenvalue weighted by atomic mass is 10.1. The van der Waals surface area contributed by atoms with E-state index in [0.29, 0.717) is 5.56 Å². The van der Waals surface area contributed by atoms with Gasteiger partial charge in [0.1, 0.15) is 17.7 Å². The number of halogens is 2. The van der Waals surface area contributed by atoms with Crippen molar-refractivity contribution in [2.24, 2.45) is 0 Å². The minimum Gasteiger partial charge on any atom is -0.284 e. The van der Waals surface area contributed by atoms with E-state index in [1.54, 1.807) is 0 Å². The monoisotopic (exact) mass is 250 g/mol. The van der Waals surface area contributed by atoms with Crippen LogP contribution in [-0.4, -0.2) is 18.0 Å². The highest BCUT2D eigenvalue weighted by Gasteiger charge is 2.22. The normalized spacial score (nSPS) is 18.9. The molecule has 18 heavy (non-hydrogen) atoms. The fourth-order valence-corrected chi connectivity index (χ4v) is 2.45. The Morgan fingerprint density at radius 2 is 1.56 bits per heavy atom. The minimum atomic E-state index is -0.625. The average Bonchev–Trinajstić information content (AvgIpc) is 2.58. The van der Waals surface area contributed by atoms with Crippen LogP contribution >= 0.6 is 0 Å². The number of hydrogen-bond acceptors (Lipinski definition) is 2. The minimum absolute atomic E-state index is 0.414. The van der Waals surface area contributed by atoms with Gasteiger partial charge in [-0.15, -0.1) is 0 Å². The van der Waals surface area contributed by atoms with Crippen LogP contribution in [0.2, 0.25) is 0 Å². The van der Waals surface area contributed by atoms with Gasteiger partial charge in [0.15, 0.2) is 0 Å². The van der Waals surface area contributed by atoms with Crippen LogP contribution in [0.15, 0.2) is 18.2 Å². The maximum atomic E-state index is 13.2. The first-order valence-electron chi connectivity index (χ1n) is 6.30. The molecule has 1 aromatic rings. The van der Waals surface area contributed by atoms with Crippen LogP contribution in [0.25, 0.3) is 0 Å². The van der Waals surface area contributed by atoms with Crippen molar-refractivity contribution in [2.45, 2.75) is 31.7 Å². The molecule has 1 aliphatic rings. The molecule has 0 bridgehead atoms. The van der Waals surface area contributed by atoms with Gasteiger partial charge in [0.05, 0.1) is 6.07 Å². The molecule has 1 atom stereocenters. The van der Waals surface area contributed by atoms with Gasteiger partial charge in [-0.05, 0) is 43.6 Å². The van der Waals surface area contributed by atoms with Gasteiger partial charge in [-0.3, -0.25) is 4.90 Å². The third kappa shape index (κ3) is 3.05. The Kier molecular flexibility index (Phi) is 4.27. The zero-order valence-corrected chi connectivity index (χ0v) is 10.2. The molecule has 0 aromatic heterocycles.